The predicted molar refractivity (Wildman–Crippen MR) is 75.3 cm³/mol. The molecular formula is C15H17ClN2O. The van der Waals surface area contributed by atoms with Gasteiger partial charge in [-0.25, -0.2) is 0 Å². The van der Waals surface area contributed by atoms with Gasteiger partial charge >= 0.3 is 0 Å². The minimum Gasteiger partial charge on any atom is -0.388 e. The van der Waals surface area contributed by atoms with E-state index in [0.717, 1.165) is 34.8 Å². The lowest BCUT2D eigenvalue weighted by molar-refractivity contribution is 0.122. The predicted octanol–water partition coefficient (Wildman–Crippen LogP) is 2.83. The molecule has 2 aromatic rings. The van der Waals surface area contributed by atoms with Crippen LogP contribution in [0.5, 0.6) is 0 Å². The van der Waals surface area contributed by atoms with Crippen LogP contribution in [0.15, 0.2) is 24.3 Å². The molecule has 0 spiro atoms. The van der Waals surface area contributed by atoms with Gasteiger partial charge in [0.2, 0.25) is 0 Å². The standard InChI is InChI=1S/C15H17ClN2O/c1-9-14(16)13(18(2)17-9)8-11-7-10-5-3-4-6-12(10)15(11)19/h3-6,11,15,19H,7-8H2,1-2H3. The zero-order chi connectivity index (χ0) is 13.6. The van der Waals surface area contributed by atoms with Crippen molar-refractivity contribution in [3.8, 4) is 0 Å². The molecule has 0 amide bonds. The third-order valence-corrected chi connectivity index (χ3v) is 4.51. The SMILES string of the molecule is Cc1nn(C)c(CC2Cc3ccccc3C2O)c1Cl. The Kier molecular flexibility index (Phi) is 3.11. The summed E-state index contributed by atoms with van der Waals surface area (Å²) in [5.41, 5.74) is 4.16. The van der Waals surface area contributed by atoms with Crippen molar-refractivity contribution >= 4 is 11.6 Å². The highest BCUT2D eigenvalue weighted by Crippen LogP contribution is 2.38. The van der Waals surface area contributed by atoms with Crippen molar-refractivity contribution in [2.24, 2.45) is 13.0 Å². The molecule has 100 valence electrons. The fourth-order valence-corrected chi connectivity index (χ4v) is 3.23. The highest BCUT2D eigenvalue weighted by atomic mass is 35.5. The average molecular weight is 277 g/mol. The number of hydrogen-bond donors (Lipinski definition) is 1. The van der Waals surface area contributed by atoms with Gasteiger partial charge in [0, 0.05) is 7.05 Å². The fourth-order valence-electron chi connectivity index (χ4n) is 2.99. The van der Waals surface area contributed by atoms with E-state index in [-0.39, 0.29) is 5.92 Å². The molecule has 3 rings (SSSR count). The number of aromatic nitrogens is 2. The van der Waals surface area contributed by atoms with Crippen LogP contribution < -0.4 is 0 Å². The van der Waals surface area contributed by atoms with Crippen molar-refractivity contribution in [3.05, 3.63) is 51.8 Å². The molecule has 0 bridgehead atoms. The first kappa shape index (κ1) is 12.7. The Bertz CT molecular complexity index is 621. The van der Waals surface area contributed by atoms with E-state index >= 15 is 0 Å². The first-order chi connectivity index (χ1) is 9.08. The molecule has 1 aliphatic carbocycles. The minimum absolute atomic E-state index is 0.185. The second kappa shape index (κ2) is 4.66. The van der Waals surface area contributed by atoms with Crippen molar-refractivity contribution < 1.29 is 5.11 Å². The lowest BCUT2D eigenvalue weighted by atomic mass is 9.97. The zero-order valence-electron chi connectivity index (χ0n) is 11.1. The molecular weight excluding hydrogens is 260 g/mol. The van der Waals surface area contributed by atoms with Crippen LogP contribution in [-0.4, -0.2) is 14.9 Å². The third-order valence-electron chi connectivity index (χ3n) is 4.02. The smallest absolute Gasteiger partial charge is 0.0847 e. The van der Waals surface area contributed by atoms with Gasteiger partial charge in [0.05, 0.1) is 22.5 Å². The van der Waals surface area contributed by atoms with Gasteiger partial charge < -0.3 is 5.11 Å². The Balaban J connectivity index is 1.87. The van der Waals surface area contributed by atoms with Crippen molar-refractivity contribution in [1.82, 2.24) is 9.78 Å². The number of aliphatic hydroxyl groups excluding tert-OH is 1. The minimum atomic E-state index is -0.400. The number of aliphatic hydroxyl groups is 1. The van der Waals surface area contributed by atoms with Crippen LogP contribution in [0.3, 0.4) is 0 Å². The van der Waals surface area contributed by atoms with Gasteiger partial charge in [-0.05, 0) is 36.8 Å². The Hall–Kier alpha value is -1.32. The van der Waals surface area contributed by atoms with Crippen molar-refractivity contribution in [1.29, 1.82) is 0 Å². The van der Waals surface area contributed by atoms with Crippen LogP contribution in [0.25, 0.3) is 0 Å². The number of benzene rings is 1. The van der Waals surface area contributed by atoms with E-state index in [9.17, 15) is 5.11 Å². The van der Waals surface area contributed by atoms with Crippen molar-refractivity contribution in [2.75, 3.05) is 0 Å². The number of nitrogens with zero attached hydrogens (tertiary/aromatic N) is 2. The summed E-state index contributed by atoms with van der Waals surface area (Å²) in [6, 6.07) is 8.10. The summed E-state index contributed by atoms with van der Waals surface area (Å²) in [7, 11) is 1.91. The molecule has 3 nitrogen and oxygen atoms in total. The lowest BCUT2D eigenvalue weighted by Gasteiger charge is -2.15. The van der Waals surface area contributed by atoms with Crippen molar-refractivity contribution in [3.63, 3.8) is 0 Å². The lowest BCUT2D eigenvalue weighted by Crippen LogP contribution is -2.13. The molecule has 0 radical (unpaired) electrons. The molecule has 1 aliphatic rings. The quantitative estimate of drug-likeness (QED) is 0.916. The largest absolute Gasteiger partial charge is 0.388 e. The maximum atomic E-state index is 10.4. The zero-order valence-corrected chi connectivity index (χ0v) is 11.9. The molecule has 0 saturated heterocycles. The van der Waals surface area contributed by atoms with E-state index in [1.165, 1.54) is 5.56 Å². The van der Waals surface area contributed by atoms with E-state index in [1.54, 1.807) is 0 Å². The highest BCUT2D eigenvalue weighted by molar-refractivity contribution is 6.31. The van der Waals surface area contributed by atoms with Crippen LogP contribution in [0, 0.1) is 12.8 Å². The van der Waals surface area contributed by atoms with Gasteiger partial charge in [-0.1, -0.05) is 35.9 Å². The average Bonchev–Trinajstić information content (AvgIpc) is 2.83. The maximum absolute atomic E-state index is 10.4. The van der Waals surface area contributed by atoms with Gasteiger partial charge in [-0.3, -0.25) is 4.68 Å². The third kappa shape index (κ3) is 2.07. The van der Waals surface area contributed by atoms with Gasteiger partial charge in [0.25, 0.3) is 0 Å². The Morgan fingerprint density at radius 2 is 2.16 bits per heavy atom. The van der Waals surface area contributed by atoms with E-state index < -0.39 is 6.10 Å². The van der Waals surface area contributed by atoms with Gasteiger partial charge in [0.1, 0.15) is 0 Å². The summed E-state index contributed by atoms with van der Waals surface area (Å²) in [5, 5.41) is 15.5. The van der Waals surface area contributed by atoms with Crippen LogP contribution >= 0.6 is 11.6 Å². The molecule has 4 heteroatoms. The van der Waals surface area contributed by atoms with E-state index in [0.29, 0.717) is 0 Å². The fraction of sp³-hybridized carbons (Fsp3) is 0.400. The van der Waals surface area contributed by atoms with E-state index in [2.05, 4.69) is 11.2 Å². The number of aryl methyl sites for hydroxylation is 2. The summed E-state index contributed by atoms with van der Waals surface area (Å²) in [6.07, 6.45) is 1.26. The van der Waals surface area contributed by atoms with Crippen LogP contribution in [0.2, 0.25) is 5.02 Å². The number of hydrogen-bond acceptors (Lipinski definition) is 2. The van der Waals surface area contributed by atoms with Crippen LogP contribution in [0.1, 0.15) is 28.6 Å². The molecule has 1 N–H and O–H groups in total. The summed E-state index contributed by atoms with van der Waals surface area (Å²) in [5.74, 6) is 0.185. The summed E-state index contributed by atoms with van der Waals surface area (Å²) in [4.78, 5) is 0. The molecule has 2 unspecified atom stereocenters. The van der Waals surface area contributed by atoms with Gasteiger partial charge in [-0.15, -0.1) is 0 Å². The molecule has 1 aromatic heterocycles. The van der Waals surface area contributed by atoms with Crippen LogP contribution in [0.4, 0.5) is 0 Å². The first-order valence-electron chi connectivity index (χ1n) is 6.51. The second-order valence-corrected chi connectivity index (χ2v) is 5.66. The van der Waals surface area contributed by atoms with E-state index in [1.807, 2.05) is 36.9 Å². The topological polar surface area (TPSA) is 38.0 Å². The Morgan fingerprint density at radius 3 is 2.79 bits per heavy atom. The first-order valence-corrected chi connectivity index (χ1v) is 6.89. The number of halogens is 1. The molecule has 19 heavy (non-hydrogen) atoms. The summed E-state index contributed by atoms with van der Waals surface area (Å²) < 4.78 is 1.83. The van der Waals surface area contributed by atoms with E-state index in [4.69, 9.17) is 11.6 Å². The van der Waals surface area contributed by atoms with Gasteiger partial charge in [-0.2, -0.15) is 5.10 Å². The molecule has 0 aliphatic heterocycles. The van der Waals surface area contributed by atoms with Gasteiger partial charge in [0.15, 0.2) is 0 Å². The molecule has 2 atom stereocenters. The van der Waals surface area contributed by atoms with Crippen molar-refractivity contribution in [2.45, 2.75) is 25.9 Å². The molecule has 1 heterocycles. The highest BCUT2D eigenvalue weighted by Gasteiger charge is 2.32. The monoisotopic (exact) mass is 276 g/mol. The Labute approximate surface area is 117 Å². The maximum Gasteiger partial charge on any atom is 0.0847 e. The Morgan fingerprint density at radius 1 is 1.42 bits per heavy atom. The normalized spacial score (nSPS) is 21.7. The molecule has 0 saturated carbocycles. The number of rotatable bonds is 2. The second-order valence-electron chi connectivity index (χ2n) is 5.28. The molecule has 1 aromatic carbocycles. The summed E-state index contributed by atoms with van der Waals surface area (Å²) in [6.45, 7) is 1.91. The summed E-state index contributed by atoms with van der Waals surface area (Å²) >= 11 is 6.29. The molecule has 0 fully saturated rings. The number of fused-ring (bicyclic) bond motifs is 1. The van der Waals surface area contributed by atoms with Crippen LogP contribution in [-0.2, 0) is 19.9 Å².